The first-order valence-corrected chi connectivity index (χ1v) is 7.50. The van der Waals surface area contributed by atoms with Gasteiger partial charge in [0.25, 0.3) is 0 Å². The van der Waals surface area contributed by atoms with Gasteiger partial charge in [-0.05, 0) is 37.1 Å². The van der Waals surface area contributed by atoms with Crippen LogP contribution >= 0.6 is 24.0 Å². The largest absolute Gasteiger partial charge is 0.467 e. The highest BCUT2D eigenvalue weighted by molar-refractivity contribution is 14.0. The molecule has 0 aliphatic carbocycles. The lowest BCUT2D eigenvalue weighted by Gasteiger charge is -2.11. The fourth-order valence-electron chi connectivity index (χ4n) is 1.95. The van der Waals surface area contributed by atoms with Gasteiger partial charge in [-0.25, -0.2) is 4.98 Å². The molecule has 2 aromatic rings. The van der Waals surface area contributed by atoms with E-state index in [1.54, 1.807) is 19.5 Å². The van der Waals surface area contributed by atoms with Crippen molar-refractivity contribution in [3.05, 3.63) is 48.6 Å². The smallest absolute Gasteiger partial charge is 0.191 e. The first kappa shape index (κ1) is 19.3. The number of guanidine groups is 1. The number of halogens is 1. The normalized spacial score (nSPS) is 10.7. The number of aromatic nitrogens is 1. The molecule has 3 N–H and O–H groups in total. The van der Waals surface area contributed by atoms with Crippen molar-refractivity contribution < 1.29 is 4.42 Å². The molecule has 0 aliphatic heterocycles. The second-order valence-electron chi connectivity index (χ2n) is 4.78. The van der Waals surface area contributed by atoms with E-state index in [1.165, 1.54) is 0 Å². The maximum absolute atomic E-state index is 5.27. The van der Waals surface area contributed by atoms with Crippen molar-refractivity contribution in [1.82, 2.24) is 15.6 Å². The second-order valence-corrected chi connectivity index (χ2v) is 4.78. The number of hydrogen-bond acceptors (Lipinski definition) is 4. The molecule has 0 saturated carbocycles. The summed E-state index contributed by atoms with van der Waals surface area (Å²) in [4.78, 5) is 8.40. The molecule has 0 radical (unpaired) electrons. The van der Waals surface area contributed by atoms with Crippen LogP contribution in [0.5, 0.6) is 0 Å². The summed E-state index contributed by atoms with van der Waals surface area (Å²) in [6.45, 7) is 2.42. The van der Waals surface area contributed by atoms with Gasteiger partial charge in [0.2, 0.25) is 0 Å². The van der Waals surface area contributed by atoms with E-state index in [-0.39, 0.29) is 24.0 Å². The number of hydrogen-bond donors (Lipinski definition) is 3. The van der Waals surface area contributed by atoms with Crippen LogP contribution < -0.4 is 16.0 Å². The number of pyridine rings is 1. The molecule has 0 saturated heterocycles. The van der Waals surface area contributed by atoms with Crippen LogP contribution in [0.15, 0.2) is 52.2 Å². The fourth-order valence-corrected chi connectivity index (χ4v) is 1.95. The molecule has 6 nitrogen and oxygen atoms in total. The average molecular weight is 429 g/mol. The zero-order valence-corrected chi connectivity index (χ0v) is 15.6. The van der Waals surface area contributed by atoms with Crippen molar-refractivity contribution in [2.24, 2.45) is 4.99 Å². The summed E-state index contributed by atoms with van der Waals surface area (Å²) in [6, 6.07) is 9.67. The van der Waals surface area contributed by atoms with Gasteiger partial charge in [0.1, 0.15) is 11.6 Å². The Bertz CT molecular complexity index is 545. The predicted molar refractivity (Wildman–Crippen MR) is 104 cm³/mol. The first-order valence-electron chi connectivity index (χ1n) is 7.50. The van der Waals surface area contributed by atoms with Gasteiger partial charge >= 0.3 is 0 Å². The number of rotatable bonds is 8. The zero-order valence-electron chi connectivity index (χ0n) is 13.3. The Morgan fingerprint density at radius 2 is 2.00 bits per heavy atom. The molecular formula is C16H24IN5O. The molecule has 0 bridgehead atoms. The third kappa shape index (κ3) is 7.87. The molecule has 0 fully saturated rings. The third-order valence-electron chi connectivity index (χ3n) is 3.10. The van der Waals surface area contributed by atoms with Crippen LogP contribution in [0, 0.1) is 0 Å². The van der Waals surface area contributed by atoms with Gasteiger partial charge in [0.15, 0.2) is 5.96 Å². The van der Waals surface area contributed by atoms with Gasteiger partial charge in [-0.15, -0.1) is 24.0 Å². The van der Waals surface area contributed by atoms with Crippen LogP contribution in [0.2, 0.25) is 0 Å². The van der Waals surface area contributed by atoms with Crippen molar-refractivity contribution in [2.75, 3.05) is 25.5 Å². The number of furan rings is 1. The van der Waals surface area contributed by atoms with Gasteiger partial charge in [-0.2, -0.15) is 0 Å². The summed E-state index contributed by atoms with van der Waals surface area (Å²) in [5, 5.41) is 9.79. The van der Waals surface area contributed by atoms with Crippen molar-refractivity contribution in [3.8, 4) is 0 Å². The molecule has 2 rings (SSSR count). The van der Waals surface area contributed by atoms with Crippen LogP contribution in [0.3, 0.4) is 0 Å². The lowest BCUT2D eigenvalue weighted by Crippen LogP contribution is -2.37. The quantitative estimate of drug-likeness (QED) is 0.261. The lowest BCUT2D eigenvalue weighted by molar-refractivity contribution is 0.501. The molecule has 0 spiro atoms. The predicted octanol–water partition coefficient (Wildman–Crippen LogP) is 2.85. The van der Waals surface area contributed by atoms with Gasteiger partial charge < -0.3 is 20.4 Å². The monoisotopic (exact) mass is 429 g/mol. The Kier molecular flexibility index (Phi) is 9.85. The minimum absolute atomic E-state index is 0. The summed E-state index contributed by atoms with van der Waals surface area (Å²) in [5.41, 5.74) is 0. The van der Waals surface area contributed by atoms with Crippen molar-refractivity contribution >= 4 is 35.8 Å². The third-order valence-corrected chi connectivity index (χ3v) is 3.10. The first-order chi connectivity index (χ1) is 10.9. The van der Waals surface area contributed by atoms with Crippen LogP contribution in [0.1, 0.15) is 18.6 Å². The maximum atomic E-state index is 5.27. The molecule has 0 amide bonds. The summed E-state index contributed by atoms with van der Waals surface area (Å²) >= 11 is 0. The number of aliphatic imine (C=N–C) groups is 1. The van der Waals surface area contributed by atoms with Gasteiger partial charge in [-0.1, -0.05) is 6.07 Å². The van der Waals surface area contributed by atoms with Gasteiger partial charge in [0, 0.05) is 26.3 Å². The van der Waals surface area contributed by atoms with E-state index in [0.29, 0.717) is 6.54 Å². The van der Waals surface area contributed by atoms with E-state index in [4.69, 9.17) is 4.42 Å². The summed E-state index contributed by atoms with van der Waals surface area (Å²) in [7, 11) is 1.76. The fraction of sp³-hybridized carbons (Fsp3) is 0.375. The minimum Gasteiger partial charge on any atom is -0.467 e. The van der Waals surface area contributed by atoms with Crippen LogP contribution in [0.25, 0.3) is 0 Å². The topological polar surface area (TPSA) is 74.5 Å². The summed E-state index contributed by atoms with van der Waals surface area (Å²) in [6.07, 6.45) is 5.58. The van der Waals surface area contributed by atoms with E-state index in [0.717, 1.165) is 43.5 Å². The number of nitrogens with one attached hydrogen (secondary N) is 3. The molecule has 126 valence electrons. The minimum atomic E-state index is 0. The van der Waals surface area contributed by atoms with Crippen LogP contribution in [-0.2, 0) is 6.54 Å². The second kappa shape index (κ2) is 11.8. The SMILES string of the molecule is CN=C(NCCCCNc1ccccn1)NCc1ccco1.I. The van der Waals surface area contributed by atoms with Crippen molar-refractivity contribution in [2.45, 2.75) is 19.4 Å². The molecule has 7 heteroatoms. The molecule has 0 unspecified atom stereocenters. The zero-order chi connectivity index (χ0) is 15.5. The van der Waals surface area contributed by atoms with E-state index in [2.05, 4.69) is 25.9 Å². The van der Waals surface area contributed by atoms with Crippen LogP contribution in [-0.4, -0.2) is 31.1 Å². The highest BCUT2D eigenvalue weighted by atomic mass is 127. The Morgan fingerprint density at radius 1 is 1.13 bits per heavy atom. The Balaban J connectivity index is 0.00000264. The number of nitrogens with zero attached hydrogens (tertiary/aromatic N) is 2. The molecule has 0 atom stereocenters. The molecule has 0 aromatic carbocycles. The Hall–Kier alpha value is -1.77. The molecule has 2 heterocycles. The summed E-state index contributed by atoms with van der Waals surface area (Å²) in [5.74, 6) is 2.60. The molecular weight excluding hydrogens is 405 g/mol. The van der Waals surface area contributed by atoms with E-state index in [1.807, 2.05) is 30.3 Å². The highest BCUT2D eigenvalue weighted by Gasteiger charge is 1.99. The maximum Gasteiger partial charge on any atom is 0.191 e. The molecule has 23 heavy (non-hydrogen) atoms. The Labute approximate surface area is 154 Å². The molecule has 2 aromatic heterocycles. The number of unbranched alkanes of at least 4 members (excludes halogenated alkanes) is 1. The average Bonchev–Trinajstić information content (AvgIpc) is 3.08. The van der Waals surface area contributed by atoms with E-state index < -0.39 is 0 Å². The van der Waals surface area contributed by atoms with Crippen LogP contribution in [0.4, 0.5) is 5.82 Å². The van der Waals surface area contributed by atoms with Gasteiger partial charge in [0.05, 0.1) is 12.8 Å². The van der Waals surface area contributed by atoms with Crippen molar-refractivity contribution in [1.29, 1.82) is 0 Å². The van der Waals surface area contributed by atoms with Crippen molar-refractivity contribution in [3.63, 3.8) is 0 Å². The highest BCUT2D eigenvalue weighted by Crippen LogP contribution is 2.00. The summed E-state index contributed by atoms with van der Waals surface area (Å²) < 4.78 is 5.27. The van der Waals surface area contributed by atoms with E-state index >= 15 is 0 Å². The standard InChI is InChI=1S/C16H23N5O.HI/c1-17-16(21-13-14-7-6-12-22-14)20-11-5-4-10-19-15-8-2-3-9-18-15;/h2-3,6-9,12H,4-5,10-11,13H2,1H3,(H,18,19)(H2,17,20,21);1H. The van der Waals surface area contributed by atoms with E-state index in [9.17, 15) is 0 Å². The molecule has 0 aliphatic rings. The lowest BCUT2D eigenvalue weighted by atomic mass is 10.3. The number of anilines is 1. The van der Waals surface area contributed by atoms with Gasteiger partial charge in [-0.3, -0.25) is 4.99 Å². The Morgan fingerprint density at radius 3 is 2.70 bits per heavy atom.